The maximum Gasteiger partial charge on any atom is 0.326 e. The summed E-state index contributed by atoms with van der Waals surface area (Å²) in [6, 6.07) is 3.63. The molecular formula is C24H36N6O8. The molecule has 1 aromatic rings. The minimum atomic E-state index is -1.66. The molecule has 4 amide bonds. The molecule has 210 valence electrons. The highest BCUT2D eigenvalue weighted by Crippen LogP contribution is 2.07. The molecule has 4 atom stereocenters. The van der Waals surface area contributed by atoms with Crippen molar-refractivity contribution in [3.63, 3.8) is 0 Å². The summed E-state index contributed by atoms with van der Waals surface area (Å²) in [6.45, 7) is 0.335. The van der Waals surface area contributed by atoms with Crippen LogP contribution >= 0.6 is 0 Å². The van der Waals surface area contributed by atoms with Crippen LogP contribution in [0.5, 0.6) is 0 Å². The lowest BCUT2D eigenvalue weighted by atomic mass is 10.0. The van der Waals surface area contributed by atoms with Crippen LogP contribution in [0.15, 0.2) is 30.3 Å². The largest absolute Gasteiger partial charge is 0.481 e. The molecule has 1 rings (SSSR count). The van der Waals surface area contributed by atoms with Gasteiger partial charge in [0.25, 0.3) is 0 Å². The third-order valence-corrected chi connectivity index (χ3v) is 5.52. The topological polar surface area (TPSA) is 257 Å². The first kappa shape index (κ1) is 32.0. The monoisotopic (exact) mass is 536 g/mol. The summed E-state index contributed by atoms with van der Waals surface area (Å²) in [7, 11) is 0. The molecule has 0 spiro atoms. The molecule has 14 nitrogen and oxygen atoms in total. The van der Waals surface area contributed by atoms with Crippen molar-refractivity contribution in [2.75, 3.05) is 6.54 Å². The van der Waals surface area contributed by atoms with Crippen molar-refractivity contribution in [1.82, 2.24) is 16.0 Å². The molecule has 1 aromatic carbocycles. The zero-order chi connectivity index (χ0) is 28.7. The van der Waals surface area contributed by atoms with E-state index in [-0.39, 0.29) is 25.7 Å². The Labute approximate surface area is 219 Å². The number of amides is 4. The van der Waals surface area contributed by atoms with Crippen LogP contribution < -0.4 is 33.2 Å². The number of carboxylic acids is 2. The number of rotatable bonds is 18. The predicted molar refractivity (Wildman–Crippen MR) is 135 cm³/mol. The van der Waals surface area contributed by atoms with Gasteiger partial charge < -0.3 is 43.4 Å². The molecule has 0 radical (unpaired) electrons. The fraction of sp³-hybridized carbons (Fsp3) is 0.500. The molecule has 0 heterocycles. The summed E-state index contributed by atoms with van der Waals surface area (Å²) in [5, 5.41) is 25.5. The van der Waals surface area contributed by atoms with Crippen molar-refractivity contribution in [1.29, 1.82) is 0 Å². The van der Waals surface area contributed by atoms with Gasteiger partial charge >= 0.3 is 11.9 Å². The second-order valence-electron chi connectivity index (χ2n) is 8.71. The Balaban J connectivity index is 2.97. The fourth-order valence-electron chi connectivity index (χ4n) is 3.47. The van der Waals surface area contributed by atoms with Crippen LogP contribution in [-0.4, -0.2) is 76.5 Å². The van der Waals surface area contributed by atoms with E-state index in [1.807, 2.05) is 6.07 Å². The smallest absolute Gasteiger partial charge is 0.326 e. The van der Waals surface area contributed by atoms with Gasteiger partial charge in [0.15, 0.2) is 0 Å². The molecule has 0 aliphatic rings. The van der Waals surface area contributed by atoms with E-state index in [1.165, 1.54) is 0 Å². The van der Waals surface area contributed by atoms with E-state index in [1.54, 1.807) is 24.3 Å². The van der Waals surface area contributed by atoms with Crippen LogP contribution in [0.4, 0.5) is 0 Å². The van der Waals surface area contributed by atoms with E-state index in [4.69, 9.17) is 17.2 Å². The van der Waals surface area contributed by atoms with Gasteiger partial charge in [-0.05, 0) is 44.2 Å². The highest BCUT2D eigenvalue weighted by molar-refractivity contribution is 5.95. The summed E-state index contributed by atoms with van der Waals surface area (Å²) < 4.78 is 0. The number of aliphatic carboxylic acids is 2. The van der Waals surface area contributed by atoms with Crippen LogP contribution in [0, 0.1) is 0 Å². The Morgan fingerprint density at radius 1 is 0.789 bits per heavy atom. The van der Waals surface area contributed by atoms with Gasteiger partial charge in [-0.2, -0.15) is 0 Å². The Morgan fingerprint density at radius 2 is 1.37 bits per heavy atom. The Hall–Kier alpha value is -4.04. The molecule has 0 saturated carbocycles. The van der Waals surface area contributed by atoms with Gasteiger partial charge in [-0.1, -0.05) is 30.3 Å². The molecule has 0 aromatic heterocycles. The summed E-state index contributed by atoms with van der Waals surface area (Å²) in [5.74, 6) is -6.28. The highest BCUT2D eigenvalue weighted by atomic mass is 16.4. The second kappa shape index (κ2) is 16.7. The van der Waals surface area contributed by atoms with Gasteiger partial charge in [0, 0.05) is 6.42 Å². The summed E-state index contributed by atoms with van der Waals surface area (Å²) in [6.07, 6.45) is -0.230. The molecule has 0 fully saturated rings. The summed E-state index contributed by atoms with van der Waals surface area (Å²) in [4.78, 5) is 72.2. The Bertz CT molecular complexity index is 974. The van der Waals surface area contributed by atoms with Gasteiger partial charge in [-0.3, -0.25) is 24.0 Å². The van der Waals surface area contributed by atoms with E-state index in [9.17, 15) is 39.0 Å². The first-order valence-electron chi connectivity index (χ1n) is 12.1. The lowest BCUT2D eigenvalue weighted by molar-refractivity contribution is -0.143. The molecule has 38 heavy (non-hydrogen) atoms. The molecule has 0 aliphatic carbocycles. The first-order chi connectivity index (χ1) is 17.9. The van der Waals surface area contributed by atoms with Crippen LogP contribution in [-0.2, 0) is 35.2 Å². The van der Waals surface area contributed by atoms with E-state index < -0.39 is 66.2 Å². The van der Waals surface area contributed by atoms with E-state index >= 15 is 0 Å². The van der Waals surface area contributed by atoms with Gasteiger partial charge in [0.1, 0.15) is 18.1 Å². The lowest BCUT2D eigenvalue weighted by Gasteiger charge is -2.24. The number of unbranched alkanes of at least 4 members (excludes halogenated alkanes) is 1. The first-order valence-corrected chi connectivity index (χ1v) is 12.1. The number of hydrogen-bond donors (Lipinski definition) is 8. The van der Waals surface area contributed by atoms with Gasteiger partial charge in [0.2, 0.25) is 23.6 Å². The molecule has 14 heteroatoms. The number of nitrogens with one attached hydrogen (secondary N) is 3. The lowest BCUT2D eigenvalue weighted by Crippen LogP contribution is -2.57. The third kappa shape index (κ3) is 12.3. The van der Waals surface area contributed by atoms with E-state index in [0.29, 0.717) is 19.4 Å². The number of carboxylic acid groups (broad SMARTS) is 2. The normalized spacial score (nSPS) is 13.8. The number of nitrogens with two attached hydrogens (primary N) is 3. The zero-order valence-corrected chi connectivity index (χ0v) is 20.9. The van der Waals surface area contributed by atoms with E-state index in [0.717, 1.165) is 5.56 Å². The molecule has 4 unspecified atom stereocenters. The zero-order valence-electron chi connectivity index (χ0n) is 20.9. The molecule has 0 saturated heterocycles. The fourth-order valence-corrected chi connectivity index (χ4v) is 3.47. The SMILES string of the molecule is NCCCCC(NC(=O)C(N)Cc1ccccc1)C(=O)NC(CC(=O)O)C(=O)NC(CCC(N)=O)C(=O)O. The third-order valence-electron chi connectivity index (χ3n) is 5.52. The number of primary amides is 1. The molecule has 11 N–H and O–H groups in total. The molecule has 0 aliphatic heterocycles. The number of carbonyl (C=O) groups is 6. The predicted octanol–water partition coefficient (Wildman–Crippen LogP) is -2.04. The Morgan fingerprint density at radius 3 is 1.92 bits per heavy atom. The second-order valence-corrected chi connectivity index (χ2v) is 8.71. The Kier molecular flexibility index (Phi) is 14.0. The number of hydrogen-bond acceptors (Lipinski definition) is 8. The minimum Gasteiger partial charge on any atom is -0.481 e. The number of benzene rings is 1. The van der Waals surface area contributed by atoms with E-state index in [2.05, 4.69) is 16.0 Å². The van der Waals surface area contributed by atoms with Crippen LogP contribution in [0.2, 0.25) is 0 Å². The van der Waals surface area contributed by atoms with Crippen LogP contribution in [0.3, 0.4) is 0 Å². The van der Waals surface area contributed by atoms with Crippen LogP contribution in [0.1, 0.15) is 44.1 Å². The van der Waals surface area contributed by atoms with Crippen molar-refractivity contribution in [2.24, 2.45) is 17.2 Å². The molecular weight excluding hydrogens is 500 g/mol. The average molecular weight is 537 g/mol. The van der Waals surface area contributed by atoms with Crippen molar-refractivity contribution in [2.45, 2.75) is 69.1 Å². The number of carbonyl (C=O) groups excluding carboxylic acids is 4. The standard InChI is InChI=1S/C24H36N6O8/c25-11-5-4-8-16(28-21(34)15(26)12-14-6-2-1-3-7-14)22(35)30-18(13-20(32)33)23(36)29-17(24(37)38)9-10-19(27)31/h1-3,6-7,15-18H,4-5,8-13,25-26H2,(H2,27,31)(H,28,34)(H,29,36)(H,30,35)(H,32,33)(H,37,38). The quantitative estimate of drug-likeness (QED) is 0.0953. The van der Waals surface area contributed by atoms with Gasteiger partial charge in [-0.25, -0.2) is 4.79 Å². The minimum absolute atomic E-state index is 0.130. The van der Waals surface area contributed by atoms with Crippen molar-refractivity contribution < 1.29 is 39.0 Å². The van der Waals surface area contributed by atoms with Gasteiger partial charge in [-0.15, -0.1) is 0 Å². The van der Waals surface area contributed by atoms with Crippen molar-refractivity contribution in [3.8, 4) is 0 Å². The van der Waals surface area contributed by atoms with Crippen LogP contribution in [0.25, 0.3) is 0 Å². The maximum absolute atomic E-state index is 13.0. The summed E-state index contributed by atoms with van der Waals surface area (Å²) >= 11 is 0. The maximum atomic E-state index is 13.0. The van der Waals surface area contributed by atoms with Crippen molar-refractivity contribution in [3.05, 3.63) is 35.9 Å². The summed E-state index contributed by atoms with van der Waals surface area (Å²) in [5.41, 5.74) is 17.3. The molecule has 0 bridgehead atoms. The highest BCUT2D eigenvalue weighted by Gasteiger charge is 2.31. The average Bonchev–Trinajstić information content (AvgIpc) is 2.85. The van der Waals surface area contributed by atoms with Gasteiger partial charge in [0.05, 0.1) is 12.5 Å². The van der Waals surface area contributed by atoms with Crippen molar-refractivity contribution >= 4 is 35.6 Å².